The summed E-state index contributed by atoms with van der Waals surface area (Å²) in [4.78, 5) is 39.4. The summed E-state index contributed by atoms with van der Waals surface area (Å²) < 4.78 is 5.56. The minimum absolute atomic E-state index is 0.0761. The Morgan fingerprint density at radius 1 is 1.25 bits per heavy atom. The summed E-state index contributed by atoms with van der Waals surface area (Å²) in [5, 5.41) is 16.2. The van der Waals surface area contributed by atoms with Crippen LogP contribution in [0.2, 0.25) is 0 Å². The number of anilines is 2. The van der Waals surface area contributed by atoms with E-state index in [0.29, 0.717) is 36.6 Å². The number of hydrogen-bond donors (Lipinski definition) is 3. The molecule has 3 aliphatic heterocycles. The highest BCUT2D eigenvalue weighted by Gasteiger charge is 2.39. The van der Waals surface area contributed by atoms with Gasteiger partial charge in [-0.05, 0) is 49.1 Å². The van der Waals surface area contributed by atoms with Crippen molar-refractivity contribution in [1.29, 1.82) is 0 Å². The number of nitrogens with one attached hydrogen (secondary N) is 2. The zero-order valence-corrected chi connectivity index (χ0v) is 17.8. The minimum atomic E-state index is -1.30. The Balaban J connectivity index is 1.29. The molecule has 3 heterocycles. The fourth-order valence-electron chi connectivity index (χ4n) is 4.89. The summed E-state index contributed by atoms with van der Waals surface area (Å²) in [6.07, 6.45) is 2.00. The van der Waals surface area contributed by atoms with Gasteiger partial charge in [-0.2, -0.15) is 0 Å². The molecular formula is C24H25N3O5. The molecule has 2 aromatic carbocycles. The van der Waals surface area contributed by atoms with Gasteiger partial charge in [-0.3, -0.25) is 14.4 Å². The summed E-state index contributed by atoms with van der Waals surface area (Å²) in [6, 6.07) is 10.7. The summed E-state index contributed by atoms with van der Waals surface area (Å²) in [7, 11) is 0. The number of nitrogens with zero attached hydrogens (tertiary/aromatic N) is 1. The number of aliphatic hydroxyl groups is 1. The van der Waals surface area contributed by atoms with Crippen molar-refractivity contribution in [2.45, 2.75) is 37.7 Å². The van der Waals surface area contributed by atoms with Crippen LogP contribution in [-0.2, 0) is 26.4 Å². The van der Waals surface area contributed by atoms with Crippen LogP contribution in [0.15, 0.2) is 36.4 Å². The first-order chi connectivity index (χ1) is 15.4. The van der Waals surface area contributed by atoms with Gasteiger partial charge in [0.2, 0.25) is 5.91 Å². The third-order valence-electron chi connectivity index (χ3n) is 6.59. The van der Waals surface area contributed by atoms with Gasteiger partial charge in [0, 0.05) is 24.2 Å². The maximum absolute atomic E-state index is 12.6. The topological polar surface area (TPSA) is 108 Å². The number of fused-ring (bicyclic) bond motifs is 1. The predicted molar refractivity (Wildman–Crippen MR) is 118 cm³/mol. The molecule has 0 bridgehead atoms. The van der Waals surface area contributed by atoms with Crippen molar-refractivity contribution in [2.75, 3.05) is 29.9 Å². The molecular weight excluding hydrogens is 410 g/mol. The molecule has 5 rings (SSSR count). The van der Waals surface area contributed by atoms with Gasteiger partial charge in [0.25, 0.3) is 0 Å². The molecule has 166 valence electrons. The second-order valence-electron chi connectivity index (χ2n) is 8.65. The molecule has 0 aliphatic carbocycles. The van der Waals surface area contributed by atoms with Crippen LogP contribution < -0.4 is 20.3 Å². The van der Waals surface area contributed by atoms with E-state index in [1.165, 1.54) is 0 Å². The summed E-state index contributed by atoms with van der Waals surface area (Å²) >= 11 is 0. The van der Waals surface area contributed by atoms with E-state index in [4.69, 9.17) is 4.74 Å². The highest BCUT2D eigenvalue weighted by atomic mass is 16.5. The van der Waals surface area contributed by atoms with Gasteiger partial charge in [-0.1, -0.05) is 18.2 Å². The zero-order valence-electron chi connectivity index (χ0n) is 17.8. The number of aryl methyl sites for hydroxylation is 1. The van der Waals surface area contributed by atoms with Crippen molar-refractivity contribution in [3.63, 3.8) is 0 Å². The third kappa shape index (κ3) is 3.31. The van der Waals surface area contributed by atoms with Crippen LogP contribution in [0.1, 0.15) is 42.4 Å². The van der Waals surface area contributed by atoms with Crippen LogP contribution in [-0.4, -0.2) is 42.5 Å². The number of ether oxygens (including phenoxy) is 1. The number of carbonyl (C=O) groups is 3. The average molecular weight is 435 g/mol. The van der Waals surface area contributed by atoms with Crippen molar-refractivity contribution in [3.8, 4) is 5.75 Å². The quantitative estimate of drug-likeness (QED) is 0.638. The second kappa shape index (κ2) is 7.63. The van der Waals surface area contributed by atoms with Crippen LogP contribution in [0.5, 0.6) is 5.75 Å². The Bertz CT molecular complexity index is 1130. The van der Waals surface area contributed by atoms with E-state index in [9.17, 15) is 19.5 Å². The fraction of sp³-hybridized carbons (Fsp3) is 0.375. The summed E-state index contributed by atoms with van der Waals surface area (Å²) in [5.41, 5.74) is 2.63. The molecule has 8 nitrogen and oxygen atoms in total. The molecule has 0 saturated carbocycles. The highest BCUT2D eigenvalue weighted by molar-refractivity contribution is 6.39. The van der Waals surface area contributed by atoms with Crippen molar-refractivity contribution in [2.24, 2.45) is 0 Å². The molecule has 0 saturated heterocycles. The van der Waals surface area contributed by atoms with Crippen molar-refractivity contribution >= 4 is 29.1 Å². The maximum atomic E-state index is 12.6. The van der Waals surface area contributed by atoms with Crippen LogP contribution in [0.4, 0.5) is 11.4 Å². The van der Waals surface area contributed by atoms with Crippen LogP contribution in [0.3, 0.4) is 0 Å². The van der Waals surface area contributed by atoms with Crippen LogP contribution in [0, 0.1) is 0 Å². The molecule has 3 amide bonds. The van der Waals surface area contributed by atoms with E-state index < -0.39 is 17.4 Å². The smallest absolute Gasteiger partial charge is 0.313 e. The average Bonchev–Trinajstić information content (AvgIpc) is 3.04. The van der Waals surface area contributed by atoms with Gasteiger partial charge in [0.1, 0.15) is 11.4 Å². The summed E-state index contributed by atoms with van der Waals surface area (Å²) in [6.45, 7) is 2.80. The van der Waals surface area contributed by atoms with Gasteiger partial charge in [0.15, 0.2) is 0 Å². The number of hydrogen-bond acceptors (Lipinski definition) is 5. The maximum Gasteiger partial charge on any atom is 0.313 e. The molecule has 0 unspecified atom stereocenters. The first-order valence-corrected chi connectivity index (χ1v) is 10.9. The lowest BCUT2D eigenvalue weighted by molar-refractivity contribution is -0.137. The lowest BCUT2D eigenvalue weighted by Gasteiger charge is -2.34. The van der Waals surface area contributed by atoms with Crippen LogP contribution >= 0.6 is 0 Å². The van der Waals surface area contributed by atoms with Gasteiger partial charge in [0.05, 0.1) is 24.8 Å². The first kappa shape index (κ1) is 20.5. The van der Waals surface area contributed by atoms with E-state index in [0.717, 1.165) is 29.7 Å². The Hall–Kier alpha value is -3.39. The summed E-state index contributed by atoms with van der Waals surface area (Å²) in [5.74, 6) is -1.26. The molecule has 0 radical (unpaired) electrons. The van der Waals surface area contributed by atoms with E-state index >= 15 is 0 Å². The zero-order chi connectivity index (χ0) is 22.5. The molecule has 0 aromatic heterocycles. The third-order valence-corrected chi connectivity index (χ3v) is 6.59. The molecule has 8 heteroatoms. The van der Waals surface area contributed by atoms with Crippen molar-refractivity contribution < 1.29 is 24.2 Å². The lowest BCUT2D eigenvalue weighted by atomic mass is 9.88. The number of benzene rings is 2. The molecule has 2 aromatic rings. The van der Waals surface area contributed by atoms with E-state index in [1.54, 1.807) is 24.3 Å². The van der Waals surface area contributed by atoms with Gasteiger partial charge in [-0.25, -0.2) is 0 Å². The molecule has 3 N–H and O–H groups in total. The highest BCUT2D eigenvalue weighted by Crippen LogP contribution is 2.44. The van der Waals surface area contributed by atoms with Gasteiger partial charge < -0.3 is 25.4 Å². The Labute approximate surface area is 185 Å². The Morgan fingerprint density at radius 3 is 2.91 bits per heavy atom. The molecule has 32 heavy (non-hydrogen) atoms. The van der Waals surface area contributed by atoms with E-state index in [2.05, 4.69) is 10.6 Å². The molecule has 2 atom stereocenters. The Morgan fingerprint density at radius 2 is 2.06 bits per heavy atom. The number of amides is 3. The number of para-hydroxylation sites is 1. The Kier molecular flexibility index (Phi) is 4.89. The van der Waals surface area contributed by atoms with Crippen molar-refractivity contribution in [3.05, 3.63) is 53.1 Å². The fourth-order valence-corrected chi connectivity index (χ4v) is 4.89. The largest absolute Gasteiger partial charge is 0.493 e. The SMILES string of the molecule is C[C@@H]1C(=O)N2CCCc3cc(NC(=O)C(=O)NC[C@]4(O)CCOc5ccccc54)cc1c32. The van der Waals surface area contributed by atoms with E-state index in [1.807, 2.05) is 24.0 Å². The van der Waals surface area contributed by atoms with E-state index in [-0.39, 0.29) is 18.4 Å². The molecule has 0 fully saturated rings. The molecule has 0 spiro atoms. The number of carbonyl (C=O) groups excluding carboxylic acids is 3. The van der Waals surface area contributed by atoms with Gasteiger partial charge >= 0.3 is 11.8 Å². The standard InChI is InChI=1S/C24H25N3O5/c1-14-17-12-16(11-15-5-4-9-27(20(15)17)23(14)30)26-22(29)21(28)25-13-24(31)8-10-32-19-7-3-2-6-18(19)24/h2-3,6-7,11-12,14,31H,4-5,8-10,13H2,1H3,(H,25,28)(H,26,29)/t14-,24+/m0/s1. The monoisotopic (exact) mass is 435 g/mol. The van der Waals surface area contributed by atoms with Crippen LogP contribution in [0.25, 0.3) is 0 Å². The normalized spacial score (nSPS) is 23.1. The molecule has 3 aliphatic rings. The first-order valence-electron chi connectivity index (χ1n) is 10.9. The minimum Gasteiger partial charge on any atom is -0.493 e. The van der Waals surface area contributed by atoms with Crippen molar-refractivity contribution in [1.82, 2.24) is 5.32 Å². The second-order valence-corrected chi connectivity index (χ2v) is 8.65. The van der Waals surface area contributed by atoms with Gasteiger partial charge in [-0.15, -0.1) is 0 Å². The number of rotatable bonds is 3. The predicted octanol–water partition coefficient (Wildman–Crippen LogP) is 1.81. The lowest BCUT2D eigenvalue weighted by Crippen LogP contribution is -2.46.